The molecule has 1 fully saturated rings. The molecule has 1 aromatic carbocycles. The topological polar surface area (TPSA) is 47.4 Å². The minimum Gasteiger partial charge on any atom is -0.377 e. The van der Waals surface area contributed by atoms with E-state index < -0.39 is 0 Å². The van der Waals surface area contributed by atoms with Gasteiger partial charge in [0.2, 0.25) is 5.91 Å². The highest BCUT2D eigenvalue weighted by Crippen LogP contribution is 2.29. The molecule has 1 amide bonds. The molecule has 1 aliphatic heterocycles. The molecule has 2 heterocycles. The van der Waals surface area contributed by atoms with Crippen molar-refractivity contribution in [2.75, 3.05) is 19.8 Å². The first-order chi connectivity index (χ1) is 11.5. The Hall–Kier alpha value is -2.14. The minimum atomic E-state index is -0.0506. The zero-order valence-corrected chi connectivity index (χ0v) is 14.9. The Labute approximate surface area is 143 Å². The number of carbonyl (C=O) groups excluding carboxylic acids is 1. The molecule has 1 saturated heterocycles. The molecule has 3 rings (SSSR count). The molecule has 0 aliphatic carbocycles. The number of aromatic nitrogens is 2. The summed E-state index contributed by atoms with van der Waals surface area (Å²) in [6, 6.07) is 8.11. The number of ether oxygens (including phenoxy) is 1. The van der Waals surface area contributed by atoms with Crippen molar-refractivity contribution in [1.29, 1.82) is 0 Å². The summed E-state index contributed by atoms with van der Waals surface area (Å²) in [4.78, 5) is 14.9. The SMILES string of the molecule is Cc1ccc(CC(=O)N2CCOCC2c2c(C)nn(C)c2C)cc1. The lowest BCUT2D eigenvalue weighted by Gasteiger charge is -2.36. The summed E-state index contributed by atoms with van der Waals surface area (Å²) in [5.41, 5.74) is 5.44. The number of hydrogen-bond donors (Lipinski definition) is 0. The zero-order valence-electron chi connectivity index (χ0n) is 14.9. The Morgan fingerprint density at radius 1 is 1.25 bits per heavy atom. The number of rotatable bonds is 3. The Bertz CT molecular complexity index is 734. The van der Waals surface area contributed by atoms with E-state index in [0.29, 0.717) is 26.2 Å². The zero-order chi connectivity index (χ0) is 17.3. The second-order valence-electron chi connectivity index (χ2n) is 6.55. The molecule has 1 aliphatic rings. The lowest BCUT2D eigenvalue weighted by atomic mass is 10.0. The van der Waals surface area contributed by atoms with E-state index in [2.05, 4.69) is 24.2 Å². The molecule has 2 aromatic rings. The van der Waals surface area contributed by atoms with Gasteiger partial charge in [0.25, 0.3) is 0 Å². The number of amides is 1. The summed E-state index contributed by atoms with van der Waals surface area (Å²) >= 11 is 0. The molecule has 5 nitrogen and oxygen atoms in total. The third-order valence-electron chi connectivity index (χ3n) is 4.82. The predicted octanol–water partition coefficient (Wildman–Crippen LogP) is 2.49. The maximum Gasteiger partial charge on any atom is 0.227 e. The van der Waals surface area contributed by atoms with Gasteiger partial charge >= 0.3 is 0 Å². The van der Waals surface area contributed by atoms with Gasteiger partial charge in [-0.15, -0.1) is 0 Å². The first-order valence-electron chi connectivity index (χ1n) is 8.40. The van der Waals surface area contributed by atoms with Crippen LogP contribution in [-0.4, -0.2) is 40.3 Å². The summed E-state index contributed by atoms with van der Waals surface area (Å²) < 4.78 is 7.55. The fraction of sp³-hybridized carbons (Fsp3) is 0.474. The van der Waals surface area contributed by atoms with Crippen molar-refractivity contribution in [2.45, 2.75) is 33.2 Å². The normalized spacial score (nSPS) is 18.0. The Balaban J connectivity index is 1.84. The third kappa shape index (κ3) is 3.22. The lowest BCUT2D eigenvalue weighted by molar-refractivity contribution is -0.139. The molecular weight excluding hydrogens is 302 g/mol. The number of carbonyl (C=O) groups is 1. The summed E-state index contributed by atoms with van der Waals surface area (Å²) in [5.74, 6) is 0.148. The molecule has 0 radical (unpaired) electrons. The highest BCUT2D eigenvalue weighted by Gasteiger charge is 2.32. The average Bonchev–Trinajstić information content (AvgIpc) is 2.82. The molecule has 1 aromatic heterocycles. The number of aryl methyl sites for hydroxylation is 3. The number of morpholine rings is 1. The monoisotopic (exact) mass is 327 g/mol. The standard InChI is InChI=1S/C19H25N3O2/c1-13-5-7-16(8-6-13)11-18(23)22-9-10-24-12-17(22)19-14(2)20-21(4)15(19)3/h5-8,17H,9-12H2,1-4H3. The molecular formula is C19H25N3O2. The molecule has 1 atom stereocenters. The number of nitrogens with zero attached hydrogens (tertiary/aromatic N) is 3. The highest BCUT2D eigenvalue weighted by molar-refractivity contribution is 5.79. The summed E-state index contributed by atoms with van der Waals surface area (Å²) in [5, 5.41) is 4.50. The maximum atomic E-state index is 12.9. The van der Waals surface area contributed by atoms with Gasteiger partial charge < -0.3 is 9.64 Å². The van der Waals surface area contributed by atoms with Crippen molar-refractivity contribution in [3.05, 3.63) is 52.3 Å². The first kappa shape index (κ1) is 16.7. The van der Waals surface area contributed by atoms with Crippen molar-refractivity contribution in [2.24, 2.45) is 7.05 Å². The Morgan fingerprint density at radius 2 is 1.96 bits per heavy atom. The van der Waals surface area contributed by atoms with Crippen LogP contribution >= 0.6 is 0 Å². The van der Waals surface area contributed by atoms with E-state index in [4.69, 9.17) is 4.74 Å². The molecule has 24 heavy (non-hydrogen) atoms. The van der Waals surface area contributed by atoms with Gasteiger partial charge in [-0.3, -0.25) is 9.48 Å². The van der Waals surface area contributed by atoms with E-state index in [0.717, 1.165) is 22.5 Å². The lowest BCUT2D eigenvalue weighted by Crippen LogP contribution is -2.44. The average molecular weight is 327 g/mol. The first-order valence-corrected chi connectivity index (χ1v) is 8.40. The molecule has 0 bridgehead atoms. The van der Waals surface area contributed by atoms with Crippen LogP contribution in [-0.2, 0) is 23.0 Å². The van der Waals surface area contributed by atoms with Gasteiger partial charge in [-0.05, 0) is 26.3 Å². The fourth-order valence-electron chi connectivity index (χ4n) is 3.40. The van der Waals surface area contributed by atoms with Crippen LogP contribution in [0.4, 0.5) is 0 Å². The van der Waals surface area contributed by atoms with Gasteiger partial charge in [-0.2, -0.15) is 5.10 Å². The van der Waals surface area contributed by atoms with Crippen molar-refractivity contribution < 1.29 is 9.53 Å². The minimum absolute atomic E-state index is 0.0506. The van der Waals surface area contributed by atoms with E-state index in [9.17, 15) is 4.79 Å². The van der Waals surface area contributed by atoms with Crippen LogP contribution in [0.5, 0.6) is 0 Å². The summed E-state index contributed by atoms with van der Waals surface area (Å²) in [6.07, 6.45) is 0.426. The van der Waals surface area contributed by atoms with E-state index in [-0.39, 0.29) is 11.9 Å². The van der Waals surface area contributed by atoms with Crippen molar-refractivity contribution in [1.82, 2.24) is 14.7 Å². The number of hydrogen-bond acceptors (Lipinski definition) is 3. The number of benzene rings is 1. The highest BCUT2D eigenvalue weighted by atomic mass is 16.5. The van der Waals surface area contributed by atoms with Gasteiger partial charge in [0.15, 0.2) is 0 Å². The quantitative estimate of drug-likeness (QED) is 0.870. The third-order valence-corrected chi connectivity index (χ3v) is 4.82. The Morgan fingerprint density at radius 3 is 2.58 bits per heavy atom. The fourth-order valence-corrected chi connectivity index (χ4v) is 3.40. The van der Waals surface area contributed by atoms with Crippen LogP contribution in [0.25, 0.3) is 0 Å². The summed E-state index contributed by atoms with van der Waals surface area (Å²) in [7, 11) is 1.94. The van der Waals surface area contributed by atoms with Crippen LogP contribution < -0.4 is 0 Å². The van der Waals surface area contributed by atoms with Crippen molar-refractivity contribution in [3.63, 3.8) is 0 Å². The maximum absolute atomic E-state index is 12.9. The molecule has 0 N–H and O–H groups in total. The van der Waals surface area contributed by atoms with Crippen molar-refractivity contribution in [3.8, 4) is 0 Å². The van der Waals surface area contributed by atoms with Gasteiger partial charge in [0.05, 0.1) is 31.4 Å². The largest absolute Gasteiger partial charge is 0.377 e. The summed E-state index contributed by atoms with van der Waals surface area (Å²) in [6.45, 7) is 7.86. The smallest absolute Gasteiger partial charge is 0.227 e. The van der Waals surface area contributed by atoms with E-state index in [1.165, 1.54) is 5.56 Å². The van der Waals surface area contributed by atoms with Crippen LogP contribution in [0.2, 0.25) is 0 Å². The van der Waals surface area contributed by atoms with E-state index >= 15 is 0 Å². The Kier molecular flexibility index (Phi) is 4.71. The molecule has 0 spiro atoms. The van der Waals surface area contributed by atoms with Crippen LogP contribution in [0.1, 0.15) is 34.1 Å². The van der Waals surface area contributed by atoms with Crippen LogP contribution in [0, 0.1) is 20.8 Å². The van der Waals surface area contributed by atoms with Crippen LogP contribution in [0.15, 0.2) is 24.3 Å². The van der Waals surface area contributed by atoms with E-state index in [1.807, 2.05) is 42.6 Å². The van der Waals surface area contributed by atoms with E-state index in [1.54, 1.807) is 0 Å². The molecule has 1 unspecified atom stereocenters. The predicted molar refractivity (Wildman–Crippen MR) is 92.8 cm³/mol. The van der Waals surface area contributed by atoms with Gasteiger partial charge in [-0.25, -0.2) is 0 Å². The van der Waals surface area contributed by atoms with Gasteiger partial charge in [0, 0.05) is 24.8 Å². The van der Waals surface area contributed by atoms with Crippen LogP contribution in [0.3, 0.4) is 0 Å². The molecule has 5 heteroatoms. The molecule has 0 saturated carbocycles. The van der Waals surface area contributed by atoms with Gasteiger partial charge in [-0.1, -0.05) is 29.8 Å². The second-order valence-corrected chi connectivity index (χ2v) is 6.55. The van der Waals surface area contributed by atoms with Gasteiger partial charge in [0.1, 0.15) is 0 Å². The van der Waals surface area contributed by atoms with Crippen molar-refractivity contribution >= 4 is 5.91 Å². The molecule has 128 valence electrons. The second kappa shape index (κ2) is 6.77.